The molecule has 0 bridgehead atoms. The lowest BCUT2D eigenvalue weighted by atomic mass is 10.1. The number of rotatable bonds is 13. The summed E-state index contributed by atoms with van der Waals surface area (Å²) in [5.74, 6) is -1.13. The number of benzene rings is 3. The van der Waals surface area contributed by atoms with Gasteiger partial charge in [0, 0.05) is 12.2 Å². The van der Waals surface area contributed by atoms with Crippen LogP contribution in [0.2, 0.25) is 0 Å². The van der Waals surface area contributed by atoms with Crippen molar-refractivity contribution in [1.29, 1.82) is 0 Å². The number of carbonyl (C=O) groups excluding carboxylic acids is 4. The minimum absolute atomic E-state index is 0.0467. The number of ether oxygens (including phenoxy) is 3. The van der Waals surface area contributed by atoms with E-state index in [1.165, 1.54) is 6.07 Å². The number of hydrogen-bond acceptors (Lipinski definition) is 7. The first-order valence-electron chi connectivity index (χ1n) is 12.9. The van der Waals surface area contributed by atoms with E-state index in [1.807, 2.05) is 60.7 Å². The Kier molecular flexibility index (Phi) is 12.0. The highest BCUT2D eigenvalue weighted by atomic mass is 16.5. The lowest BCUT2D eigenvalue weighted by Crippen LogP contribution is -2.44. The summed E-state index contributed by atoms with van der Waals surface area (Å²) in [5.41, 5.74) is 2.30. The average Bonchev–Trinajstić information content (AvgIpc) is 2.97. The number of nitrogens with one attached hydrogen (secondary N) is 3. The van der Waals surface area contributed by atoms with Crippen LogP contribution >= 0.6 is 0 Å². The molecule has 3 aromatic carbocycles. The van der Waals surface area contributed by atoms with Crippen molar-refractivity contribution in [2.75, 3.05) is 18.5 Å². The standard InChI is InChI=1S/C30H33N3O7/c1-2-38-27(34)24-15-9-16-25(19-24)32-29(36)33-26(28(35)39-20-22-11-5-3-6-12-22)17-10-18-31-30(37)40-21-23-13-7-4-8-14-23/h3-9,11-16,19,26H,2,10,17-18,20-21H2,1H3,(H,31,37)(H2,32,33,36)/t26-/m0/s1. The fourth-order valence-corrected chi connectivity index (χ4v) is 3.61. The Hall–Kier alpha value is -4.86. The fourth-order valence-electron chi connectivity index (χ4n) is 3.61. The molecule has 0 fully saturated rings. The minimum Gasteiger partial charge on any atom is -0.462 e. The van der Waals surface area contributed by atoms with Crippen LogP contribution in [0.15, 0.2) is 84.9 Å². The maximum absolute atomic E-state index is 12.9. The summed E-state index contributed by atoms with van der Waals surface area (Å²) in [5, 5.41) is 7.89. The van der Waals surface area contributed by atoms with Crippen LogP contribution in [0.3, 0.4) is 0 Å². The summed E-state index contributed by atoms with van der Waals surface area (Å²) in [6.07, 6.45) is -0.0215. The lowest BCUT2D eigenvalue weighted by Gasteiger charge is -2.18. The fraction of sp³-hybridized carbons (Fsp3) is 0.267. The normalized spacial score (nSPS) is 11.0. The number of anilines is 1. The van der Waals surface area contributed by atoms with Crippen molar-refractivity contribution in [2.24, 2.45) is 0 Å². The molecule has 3 rings (SSSR count). The Balaban J connectivity index is 1.53. The summed E-state index contributed by atoms with van der Waals surface area (Å²) in [6, 6.07) is 23.1. The molecule has 1 atom stereocenters. The molecule has 0 aromatic heterocycles. The van der Waals surface area contributed by atoms with Crippen molar-refractivity contribution < 1.29 is 33.4 Å². The highest BCUT2D eigenvalue weighted by molar-refractivity contribution is 5.95. The Bertz CT molecular complexity index is 1250. The molecule has 3 aromatic rings. The smallest absolute Gasteiger partial charge is 0.407 e. The quantitative estimate of drug-likeness (QED) is 0.159. The first-order valence-corrected chi connectivity index (χ1v) is 12.9. The monoisotopic (exact) mass is 547 g/mol. The van der Waals surface area contributed by atoms with Crippen LogP contribution < -0.4 is 16.0 Å². The van der Waals surface area contributed by atoms with E-state index in [2.05, 4.69) is 16.0 Å². The van der Waals surface area contributed by atoms with Gasteiger partial charge in [0.15, 0.2) is 0 Å². The van der Waals surface area contributed by atoms with Crippen molar-refractivity contribution in [3.05, 3.63) is 102 Å². The Morgan fingerprint density at radius 1 is 0.775 bits per heavy atom. The molecular formula is C30H33N3O7. The van der Waals surface area contributed by atoms with Crippen LogP contribution in [0, 0.1) is 0 Å². The van der Waals surface area contributed by atoms with E-state index in [0.29, 0.717) is 12.1 Å². The van der Waals surface area contributed by atoms with Gasteiger partial charge in [-0.05, 0) is 49.1 Å². The molecular weight excluding hydrogens is 514 g/mol. The summed E-state index contributed by atoms with van der Waals surface area (Å²) in [7, 11) is 0. The third kappa shape index (κ3) is 10.5. The number of alkyl carbamates (subject to hydrolysis) is 1. The number of amides is 3. The molecule has 3 amide bonds. The summed E-state index contributed by atoms with van der Waals surface area (Å²) < 4.78 is 15.6. The van der Waals surface area contributed by atoms with Crippen LogP contribution in [0.25, 0.3) is 0 Å². The van der Waals surface area contributed by atoms with Crippen molar-refractivity contribution in [2.45, 2.75) is 39.0 Å². The molecule has 0 radical (unpaired) electrons. The first kappa shape index (κ1) is 29.7. The van der Waals surface area contributed by atoms with Crippen molar-refractivity contribution >= 4 is 29.8 Å². The third-order valence-electron chi connectivity index (χ3n) is 5.60. The van der Waals surface area contributed by atoms with E-state index in [9.17, 15) is 19.2 Å². The highest BCUT2D eigenvalue weighted by Gasteiger charge is 2.22. The van der Waals surface area contributed by atoms with Crippen LogP contribution in [0.1, 0.15) is 41.3 Å². The Morgan fingerprint density at radius 2 is 1.43 bits per heavy atom. The molecule has 3 N–H and O–H groups in total. The van der Waals surface area contributed by atoms with Gasteiger partial charge in [-0.2, -0.15) is 0 Å². The zero-order chi connectivity index (χ0) is 28.6. The van der Waals surface area contributed by atoms with Gasteiger partial charge in [-0.3, -0.25) is 0 Å². The highest BCUT2D eigenvalue weighted by Crippen LogP contribution is 2.12. The van der Waals surface area contributed by atoms with Gasteiger partial charge in [0.2, 0.25) is 0 Å². The molecule has 0 aliphatic heterocycles. The molecule has 0 unspecified atom stereocenters. The van der Waals surface area contributed by atoms with E-state index in [0.717, 1.165) is 11.1 Å². The molecule has 0 aliphatic rings. The number of urea groups is 1. The SMILES string of the molecule is CCOC(=O)c1cccc(NC(=O)N[C@@H](CCCNC(=O)OCc2ccccc2)C(=O)OCc2ccccc2)c1. The molecule has 0 heterocycles. The number of carbonyl (C=O) groups is 4. The molecule has 0 aliphatic carbocycles. The van der Waals surface area contributed by atoms with Gasteiger partial charge in [-0.1, -0.05) is 66.7 Å². The Morgan fingerprint density at radius 3 is 2.08 bits per heavy atom. The zero-order valence-electron chi connectivity index (χ0n) is 22.3. The van der Waals surface area contributed by atoms with Crippen LogP contribution in [-0.4, -0.2) is 43.3 Å². The molecule has 10 nitrogen and oxygen atoms in total. The van der Waals surface area contributed by atoms with E-state index >= 15 is 0 Å². The van der Waals surface area contributed by atoms with Crippen molar-refractivity contribution in [3.8, 4) is 0 Å². The maximum Gasteiger partial charge on any atom is 0.407 e. The van der Waals surface area contributed by atoms with Crippen LogP contribution in [0.4, 0.5) is 15.3 Å². The zero-order valence-corrected chi connectivity index (χ0v) is 22.3. The maximum atomic E-state index is 12.9. The van der Waals surface area contributed by atoms with Gasteiger partial charge in [0.25, 0.3) is 0 Å². The molecule has 40 heavy (non-hydrogen) atoms. The van der Waals surface area contributed by atoms with Gasteiger partial charge in [-0.15, -0.1) is 0 Å². The largest absolute Gasteiger partial charge is 0.462 e. The third-order valence-corrected chi connectivity index (χ3v) is 5.60. The Labute approximate surface area is 233 Å². The second-order valence-electron chi connectivity index (χ2n) is 8.68. The van der Waals surface area contributed by atoms with Crippen molar-refractivity contribution in [3.63, 3.8) is 0 Å². The van der Waals surface area contributed by atoms with Gasteiger partial charge < -0.3 is 30.2 Å². The lowest BCUT2D eigenvalue weighted by molar-refractivity contribution is -0.147. The van der Waals surface area contributed by atoms with Crippen LogP contribution in [-0.2, 0) is 32.2 Å². The molecule has 0 spiro atoms. The second kappa shape index (κ2) is 16.2. The van der Waals surface area contributed by atoms with Gasteiger partial charge in [0.05, 0.1) is 12.2 Å². The predicted molar refractivity (Wildman–Crippen MR) is 148 cm³/mol. The van der Waals surface area contributed by atoms with Crippen LogP contribution in [0.5, 0.6) is 0 Å². The van der Waals surface area contributed by atoms with E-state index in [4.69, 9.17) is 14.2 Å². The van der Waals surface area contributed by atoms with E-state index < -0.39 is 30.1 Å². The summed E-state index contributed by atoms with van der Waals surface area (Å²) >= 11 is 0. The summed E-state index contributed by atoms with van der Waals surface area (Å²) in [4.78, 5) is 49.6. The number of esters is 2. The van der Waals surface area contributed by atoms with Gasteiger partial charge in [-0.25, -0.2) is 19.2 Å². The van der Waals surface area contributed by atoms with Crippen molar-refractivity contribution in [1.82, 2.24) is 10.6 Å². The van der Waals surface area contributed by atoms with Gasteiger partial charge in [0.1, 0.15) is 19.3 Å². The minimum atomic E-state index is -0.987. The van der Waals surface area contributed by atoms with E-state index in [1.54, 1.807) is 25.1 Å². The number of hydrogen-bond donors (Lipinski definition) is 3. The summed E-state index contributed by atoms with van der Waals surface area (Å²) in [6.45, 7) is 2.34. The second-order valence-corrected chi connectivity index (χ2v) is 8.68. The molecule has 10 heteroatoms. The first-order chi connectivity index (χ1) is 19.4. The molecule has 210 valence electrons. The van der Waals surface area contributed by atoms with E-state index in [-0.39, 0.29) is 38.3 Å². The van der Waals surface area contributed by atoms with Gasteiger partial charge >= 0.3 is 24.1 Å². The molecule has 0 saturated carbocycles. The topological polar surface area (TPSA) is 132 Å². The average molecular weight is 548 g/mol. The predicted octanol–water partition coefficient (Wildman–Crippen LogP) is 4.80. The molecule has 0 saturated heterocycles.